The maximum Gasteiger partial charge on any atom is 0.145 e. The van der Waals surface area contributed by atoms with Gasteiger partial charge in [0.25, 0.3) is 0 Å². The third-order valence-electron chi connectivity index (χ3n) is 2.31. The van der Waals surface area contributed by atoms with Crippen molar-refractivity contribution in [3.05, 3.63) is 66.0 Å². The minimum atomic E-state index is 0.634. The summed E-state index contributed by atoms with van der Waals surface area (Å²) in [5.41, 5.74) is 1.97. The van der Waals surface area contributed by atoms with Crippen LogP contribution < -0.4 is 0 Å². The highest BCUT2D eigenvalue weighted by Gasteiger charge is 2.02. The van der Waals surface area contributed by atoms with E-state index in [1.807, 2.05) is 61.5 Å². The van der Waals surface area contributed by atoms with Gasteiger partial charge in [-0.2, -0.15) is 0 Å². The number of rotatable bonds is 4. The minimum absolute atomic E-state index is 0.634. The van der Waals surface area contributed by atoms with E-state index >= 15 is 0 Å². The molecule has 2 nitrogen and oxygen atoms in total. The molecule has 0 aliphatic heterocycles. The molecule has 0 saturated carbocycles. The van der Waals surface area contributed by atoms with Crippen LogP contribution in [0.15, 0.2) is 54.7 Å². The Morgan fingerprint density at radius 1 is 1.12 bits per heavy atom. The van der Waals surface area contributed by atoms with E-state index in [-0.39, 0.29) is 0 Å². The lowest BCUT2D eigenvalue weighted by Crippen LogP contribution is -1.94. The molecule has 2 aromatic rings. The van der Waals surface area contributed by atoms with Gasteiger partial charge in [0.15, 0.2) is 0 Å². The Morgan fingerprint density at radius 2 is 1.88 bits per heavy atom. The molecule has 1 aromatic carbocycles. The first-order chi connectivity index (χ1) is 8.40. The van der Waals surface area contributed by atoms with Crippen molar-refractivity contribution in [2.75, 3.05) is 6.61 Å². The summed E-state index contributed by atoms with van der Waals surface area (Å²) in [6.07, 6.45) is 3.78. The molecule has 0 saturated heterocycles. The Kier molecular flexibility index (Phi) is 3.92. The summed E-state index contributed by atoms with van der Waals surface area (Å²) in [4.78, 5) is 4.30. The van der Waals surface area contributed by atoms with Gasteiger partial charge in [-0.05, 0) is 30.7 Å². The molecule has 0 aliphatic rings. The number of aromatic nitrogens is 1. The molecule has 0 unspecified atom stereocenters. The van der Waals surface area contributed by atoms with E-state index in [0.717, 1.165) is 17.0 Å². The minimum Gasteiger partial charge on any atom is -0.492 e. The van der Waals surface area contributed by atoms with Crippen molar-refractivity contribution in [3.8, 4) is 0 Å². The summed E-state index contributed by atoms with van der Waals surface area (Å²) >= 11 is 0. The molecule has 2 heteroatoms. The number of nitrogens with zero attached hydrogens (tertiary/aromatic N) is 1. The lowest BCUT2D eigenvalue weighted by atomic mass is 10.2. The molecule has 1 aromatic heterocycles. The van der Waals surface area contributed by atoms with Gasteiger partial charge in [0.05, 0.1) is 6.61 Å². The van der Waals surface area contributed by atoms with Crippen LogP contribution in [0, 0.1) is 0 Å². The summed E-state index contributed by atoms with van der Waals surface area (Å²) in [5.74, 6) is 0.805. The van der Waals surface area contributed by atoms with Crippen LogP contribution in [0.1, 0.15) is 18.2 Å². The van der Waals surface area contributed by atoms with Crippen molar-refractivity contribution in [3.63, 3.8) is 0 Å². The Hall–Kier alpha value is -2.09. The Labute approximate surface area is 102 Å². The highest BCUT2D eigenvalue weighted by Crippen LogP contribution is 2.17. The topological polar surface area (TPSA) is 22.1 Å². The van der Waals surface area contributed by atoms with E-state index in [1.165, 1.54) is 0 Å². The molecular weight excluding hydrogens is 210 g/mol. The summed E-state index contributed by atoms with van der Waals surface area (Å²) in [6.45, 7) is 2.61. The molecule has 0 aliphatic carbocycles. The molecule has 1 heterocycles. The molecule has 17 heavy (non-hydrogen) atoms. The zero-order chi connectivity index (χ0) is 11.9. The number of ether oxygens (including phenoxy) is 1. The van der Waals surface area contributed by atoms with Gasteiger partial charge in [0.2, 0.25) is 0 Å². The first-order valence-electron chi connectivity index (χ1n) is 5.71. The lowest BCUT2D eigenvalue weighted by Gasteiger charge is -2.07. The molecule has 0 radical (unpaired) electrons. The van der Waals surface area contributed by atoms with E-state index in [9.17, 15) is 0 Å². The average molecular weight is 225 g/mol. The van der Waals surface area contributed by atoms with Gasteiger partial charge in [-0.3, -0.25) is 4.98 Å². The van der Waals surface area contributed by atoms with Crippen LogP contribution in [-0.2, 0) is 4.74 Å². The fourth-order valence-corrected chi connectivity index (χ4v) is 1.55. The molecule has 0 bridgehead atoms. The van der Waals surface area contributed by atoms with Crippen molar-refractivity contribution in [1.82, 2.24) is 4.98 Å². The molecule has 0 N–H and O–H groups in total. The highest BCUT2D eigenvalue weighted by atomic mass is 16.5. The second-order valence-electron chi connectivity index (χ2n) is 3.57. The fraction of sp³-hybridized carbons (Fsp3) is 0.133. The van der Waals surface area contributed by atoms with Gasteiger partial charge < -0.3 is 4.74 Å². The number of hydrogen-bond acceptors (Lipinski definition) is 2. The van der Waals surface area contributed by atoms with E-state index < -0.39 is 0 Å². The quantitative estimate of drug-likeness (QED) is 0.741. The maximum atomic E-state index is 5.63. The average Bonchev–Trinajstić information content (AvgIpc) is 2.40. The van der Waals surface area contributed by atoms with E-state index in [0.29, 0.717) is 6.61 Å². The smallest absolute Gasteiger partial charge is 0.145 e. The van der Waals surface area contributed by atoms with Gasteiger partial charge in [-0.1, -0.05) is 36.4 Å². The Bertz CT molecular complexity index is 477. The first-order valence-corrected chi connectivity index (χ1v) is 5.71. The van der Waals surface area contributed by atoms with Crippen LogP contribution in [0.3, 0.4) is 0 Å². The van der Waals surface area contributed by atoms with Gasteiger partial charge in [0.1, 0.15) is 11.5 Å². The maximum absolute atomic E-state index is 5.63. The van der Waals surface area contributed by atoms with E-state index in [4.69, 9.17) is 4.74 Å². The van der Waals surface area contributed by atoms with Crippen LogP contribution in [0.25, 0.3) is 11.8 Å². The third kappa shape index (κ3) is 3.18. The first kappa shape index (κ1) is 11.4. The van der Waals surface area contributed by atoms with Crippen molar-refractivity contribution in [2.45, 2.75) is 6.92 Å². The summed E-state index contributed by atoms with van der Waals surface area (Å²) < 4.78 is 5.63. The van der Waals surface area contributed by atoms with Crippen LogP contribution in [0.5, 0.6) is 0 Å². The molecule has 0 fully saturated rings. The van der Waals surface area contributed by atoms with Crippen LogP contribution in [-0.4, -0.2) is 11.6 Å². The van der Waals surface area contributed by atoms with Crippen LogP contribution in [0.2, 0.25) is 0 Å². The fourth-order valence-electron chi connectivity index (χ4n) is 1.55. The summed E-state index contributed by atoms with van der Waals surface area (Å²) in [6, 6.07) is 15.9. The predicted molar refractivity (Wildman–Crippen MR) is 70.2 cm³/mol. The van der Waals surface area contributed by atoms with Crippen molar-refractivity contribution in [1.29, 1.82) is 0 Å². The number of benzene rings is 1. The molecule has 0 spiro atoms. The van der Waals surface area contributed by atoms with Crippen molar-refractivity contribution < 1.29 is 4.74 Å². The van der Waals surface area contributed by atoms with E-state index in [2.05, 4.69) is 4.98 Å². The molecule has 86 valence electrons. The second kappa shape index (κ2) is 5.85. The summed E-state index contributed by atoms with van der Waals surface area (Å²) in [5, 5.41) is 0. The lowest BCUT2D eigenvalue weighted by molar-refractivity contribution is 0.299. The molecule has 0 atom stereocenters. The summed E-state index contributed by atoms with van der Waals surface area (Å²) in [7, 11) is 0. The standard InChI is InChI=1S/C15H15NO/c1-2-17-15(14-10-6-7-11-16-14)12-13-8-4-3-5-9-13/h3-12H,2H2,1H3/b15-12-. The van der Waals surface area contributed by atoms with Gasteiger partial charge in [-0.15, -0.1) is 0 Å². The second-order valence-corrected chi connectivity index (χ2v) is 3.57. The van der Waals surface area contributed by atoms with E-state index in [1.54, 1.807) is 6.20 Å². The number of hydrogen-bond donors (Lipinski definition) is 0. The zero-order valence-electron chi connectivity index (χ0n) is 9.84. The van der Waals surface area contributed by atoms with Crippen molar-refractivity contribution >= 4 is 11.8 Å². The Balaban J connectivity index is 2.33. The van der Waals surface area contributed by atoms with Gasteiger partial charge in [0, 0.05) is 6.20 Å². The highest BCUT2D eigenvalue weighted by molar-refractivity contribution is 5.75. The SMILES string of the molecule is CCO/C(=C\c1ccccc1)c1ccccn1. The largest absolute Gasteiger partial charge is 0.492 e. The molecule has 2 rings (SSSR count). The predicted octanol–water partition coefficient (Wildman–Crippen LogP) is 3.62. The Morgan fingerprint density at radius 3 is 2.53 bits per heavy atom. The number of pyridine rings is 1. The molecule has 0 amide bonds. The van der Waals surface area contributed by atoms with Crippen LogP contribution in [0.4, 0.5) is 0 Å². The van der Waals surface area contributed by atoms with Crippen molar-refractivity contribution in [2.24, 2.45) is 0 Å². The normalized spacial score (nSPS) is 11.2. The van der Waals surface area contributed by atoms with Gasteiger partial charge >= 0.3 is 0 Å². The molecular formula is C15H15NO. The monoisotopic (exact) mass is 225 g/mol. The zero-order valence-corrected chi connectivity index (χ0v) is 9.84. The third-order valence-corrected chi connectivity index (χ3v) is 2.31. The van der Waals surface area contributed by atoms with Crippen LogP contribution >= 0.6 is 0 Å². The van der Waals surface area contributed by atoms with Gasteiger partial charge in [-0.25, -0.2) is 0 Å².